The molecule has 2 rings (SSSR count). The average Bonchev–Trinajstić information content (AvgIpc) is 2.41. The maximum absolute atomic E-state index is 13.4. The van der Waals surface area contributed by atoms with Crippen molar-refractivity contribution in [1.29, 1.82) is 0 Å². The fraction of sp³-hybridized carbons (Fsp3) is 0.143. The molecule has 1 amide bonds. The summed E-state index contributed by atoms with van der Waals surface area (Å²) in [5.41, 5.74) is 1.60. The fourth-order valence-corrected chi connectivity index (χ4v) is 2.13. The lowest BCUT2D eigenvalue weighted by molar-refractivity contribution is 0.102. The first-order valence-corrected chi connectivity index (χ1v) is 6.61. The number of amides is 1. The largest absolute Gasteiger partial charge is 0.322 e. The molecule has 2 aromatic rings. The number of hydrogen-bond acceptors (Lipinski definition) is 2. The third-order valence-electron chi connectivity index (χ3n) is 2.70. The van der Waals surface area contributed by atoms with E-state index >= 15 is 0 Å². The molecule has 0 spiro atoms. The lowest BCUT2D eigenvalue weighted by atomic mass is 10.1. The minimum atomic E-state index is -0.768. The molecule has 0 saturated heterocycles. The van der Waals surface area contributed by atoms with Gasteiger partial charge in [-0.3, -0.25) is 4.79 Å². The van der Waals surface area contributed by atoms with Crippen molar-refractivity contribution in [3.8, 4) is 0 Å². The zero-order chi connectivity index (χ0) is 13.8. The van der Waals surface area contributed by atoms with Crippen molar-refractivity contribution in [2.24, 2.45) is 0 Å². The summed E-state index contributed by atoms with van der Waals surface area (Å²) in [5.74, 6) is -1.27. The van der Waals surface area contributed by atoms with Crippen LogP contribution in [0.5, 0.6) is 0 Å². The SMILES string of the molecule is CCc1cc(Br)ccc1NC(=O)c1cccnc1F. The highest BCUT2D eigenvalue weighted by atomic mass is 79.9. The van der Waals surface area contributed by atoms with E-state index in [1.165, 1.54) is 18.3 Å². The van der Waals surface area contributed by atoms with Crippen LogP contribution in [0.3, 0.4) is 0 Å². The van der Waals surface area contributed by atoms with Crippen molar-refractivity contribution < 1.29 is 9.18 Å². The molecule has 0 saturated carbocycles. The standard InChI is InChI=1S/C14H12BrFN2O/c1-2-9-8-10(15)5-6-12(9)18-14(19)11-4-3-7-17-13(11)16/h3-8H,2H2,1H3,(H,18,19). The topological polar surface area (TPSA) is 42.0 Å². The quantitative estimate of drug-likeness (QED) is 0.873. The van der Waals surface area contributed by atoms with Crippen LogP contribution in [0.4, 0.5) is 10.1 Å². The Morgan fingerprint density at radius 1 is 1.42 bits per heavy atom. The molecule has 0 unspecified atom stereocenters. The van der Waals surface area contributed by atoms with Gasteiger partial charge in [0.25, 0.3) is 5.91 Å². The van der Waals surface area contributed by atoms with Crippen LogP contribution in [0.25, 0.3) is 0 Å². The van der Waals surface area contributed by atoms with E-state index in [0.717, 1.165) is 16.5 Å². The second-order valence-electron chi connectivity index (χ2n) is 3.95. The number of benzene rings is 1. The number of carbonyl (C=O) groups excluding carboxylic acids is 1. The van der Waals surface area contributed by atoms with Gasteiger partial charge in [-0.25, -0.2) is 4.98 Å². The number of rotatable bonds is 3. The molecule has 1 aromatic heterocycles. The first kappa shape index (κ1) is 13.7. The summed E-state index contributed by atoms with van der Waals surface area (Å²) in [6.07, 6.45) is 2.08. The minimum Gasteiger partial charge on any atom is -0.322 e. The van der Waals surface area contributed by atoms with Gasteiger partial charge in [0.1, 0.15) is 0 Å². The normalized spacial score (nSPS) is 10.3. The smallest absolute Gasteiger partial charge is 0.260 e. The molecule has 0 radical (unpaired) electrons. The highest BCUT2D eigenvalue weighted by Crippen LogP contribution is 2.22. The Morgan fingerprint density at radius 3 is 2.89 bits per heavy atom. The summed E-state index contributed by atoms with van der Waals surface area (Å²) in [7, 11) is 0. The number of halogens is 2. The van der Waals surface area contributed by atoms with E-state index in [4.69, 9.17) is 0 Å². The van der Waals surface area contributed by atoms with Gasteiger partial charge in [0.2, 0.25) is 5.95 Å². The Morgan fingerprint density at radius 2 is 2.21 bits per heavy atom. The van der Waals surface area contributed by atoms with Crippen molar-refractivity contribution in [2.75, 3.05) is 5.32 Å². The van der Waals surface area contributed by atoms with Crippen LogP contribution in [-0.4, -0.2) is 10.9 Å². The summed E-state index contributed by atoms with van der Waals surface area (Å²) >= 11 is 3.38. The molecular formula is C14H12BrFN2O. The lowest BCUT2D eigenvalue weighted by Crippen LogP contribution is -2.15. The molecule has 5 heteroatoms. The van der Waals surface area contributed by atoms with Crippen LogP contribution in [0, 0.1) is 5.95 Å². The summed E-state index contributed by atoms with van der Waals surface area (Å²) < 4.78 is 14.3. The van der Waals surface area contributed by atoms with Gasteiger partial charge >= 0.3 is 0 Å². The third kappa shape index (κ3) is 3.17. The van der Waals surface area contributed by atoms with Crippen LogP contribution in [0.15, 0.2) is 41.0 Å². The van der Waals surface area contributed by atoms with Gasteiger partial charge in [-0.2, -0.15) is 4.39 Å². The maximum Gasteiger partial charge on any atom is 0.260 e. The number of hydrogen-bond donors (Lipinski definition) is 1. The zero-order valence-corrected chi connectivity index (χ0v) is 11.9. The Kier molecular flexibility index (Phi) is 4.27. The van der Waals surface area contributed by atoms with Crippen molar-refractivity contribution >= 4 is 27.5 Å². The minimum absolute atomic E-state index is 0.0625. The third-order valence-corrected chi connectivity index (χ3v) is 3.19. The van der Waals surface area contributed by atoms with Crippen LogP contribution in [0.2, 0.25) is 0 Å². The molecule has 1 aromatic carbocycles. The second kappa shape index (κ2) is 5.93. The molecule has 0 aliphatic carbocycles. The molecule has 0 fully saturated rings. The van der Waals surface area contributed by atoms with Gasteiger partial charge < -0.3 is 5.32 Å². The van der Waals surface area contributed by atoms with E-state index in [2.05, 4.69) is 26.2 Å². The Balaban J connectivity index is 2.27. The Labute approximate surface area is 119 Å². The number of anilines is 1. The molecule has 0 aliphatic heterocycles. The van der Waals surface area contributed by atoms with E-state index in [1.54, 1.807) is 6.07 Å². The lowest BCUT2D eigenvalue weighted by Gasteiger charge is -2.10. The van der Waals surface area contributed by atoms with E-state index in [0.29, 0.717) is 5.69 Å². The van der Waals surface area contributed by atoms with Crippen molar-refractivity contribution in [3.05, 3.63) is 58.1 Å². The highest BCUT2D eigenvalue weighted by Gasteiger charge is 2.13. The van der Waals surface area contributed by atoms with Gasteiger partial charge in [-0.05, 0) is 42.3 Å². The molecule has 0 bridgehead atoms. The number of carbonyl (C=O) groups is 1. The fourth-order valence-electron chi connectivity index (χ4n) is 1.72. The van der Waals surface area contributed by atoms with Crippen molar-refractivity contribution in [2.45, 2.75) is 13.3 Å². The van der Waals surface area contributed by atoms with Crippen LogP contribution < -0.4 is 5.32 Å². The summed E-state index contributed by atoms with van der Waals surface area (Å²) in [6, 6.07) is 8.47. The first-order valence-electron chi connectivity index (χ1n) is 5.82. The van der Waals surface area contributed by atoms with E-state index in [9.17, 15) is 9.18 Å². The summed E-state index contributed by atoms with van der Waals surface area (Å²) in [6.45, 7) is 1.99. The number of nitrogens with one attached hydrogen (secondary N) is 1. The second-order valence-corrected chi connectivity index (χ2v) is 4.87. The van der Waals surface area contributed by atoms with Crippen molar-refractivity contribution in [3.63, 3.8) is 0 Å². The van der Waals surface area contributed by atoms with E-state index < -0.39 is 11.9 Å². The Hall–Kier alpha value is -1.75. The van der Waals surface area contributed by atoms with Crippen molar-refractivity contribution in [1.82, 2.24) is 4.98 Å². The summed E-state index contributed by atoms with van der Waals surface area (Å²) in [5, 5.41) is 2.71. The van der Waals surface area contributed by atoms with E-state index in [-0.39, 0.29) is 5.56 Å². The number of pyridine rings is 1. The molecule has 3 nitrogen and oxygen atoms in total. The molecule has 19 heavy (non-hydrogen) atoms. The first-order chi connectivity index (χ1) is 9.11. The molecule has 1 heterocycles. The van der Waals surface area contributed by atoms with Gasteiger partial charge in [0.15, 0.2) is 0 Å². The monoisotopic (exact) mass is 322 g/mol. The predicted octanol–water partition coefficient (Wildman–Crippen LogP) is 3.80. The van der Waals surface area contributed by atoms with Gasteiger partial charge in [0.05, 0.1) is 5.56 Å². The van der Waals surface area contributed by atoms with Crippen LogP contribution >= 0.6 is 15.9 Å². The molecule has 1 N–H and O–H groups in total. The van der Waals surface area contributed by atoms with Gasteiger partial charge in [0, 0.05) is 16.4 Å². The number of nitrogens with zero attached hydrogens (tertiary/aromatic N) is 1. The maximum atomic E-state index is 13.4. The summed E-state index contributed by atoms with van der Waals surface area (Å²) in [4.78, 5) is 15.4. The average molecular weight is 323 g/mol. The van der Waals surface area contributed by atoms with Gasteiger partial charge in [-0.15, -0.1) is 0 Å². The Bertz CT molecular complexity index is 616. The molecule has 0 atom stereocenters. The predicted molar refractivity (Wildman–Crippen MR) is 75.7 cm³/mol. The van der Waals surface area contributed by atoms with Crippen LogP contribution in [0.1, 0.15) is 22.8 Å². The molecule has 0 aliphatic rings. The zero-order valence-electron chi connectivity index (χ0n) is 10.3. The number of aromatic nitrogens is 1. The van der Waals surface area contributed by atoms with Crippen LogP contribution in [-0.2, 0) is 6.42 Å². The molecule has 98 valence electrons. The van der Waals surface area contributed by atoms with Gasteiger partial charge in [-0.1, -0.05) is 22.9 Å². The highest BCUT2D eigenvalue weighted by molar-refractivity contribution is 9.10. The van der Waals surface area contributed by atoms with E-state index in [1.807, 2.05) is 19.1 Å². The number of aryl methyl sites for hydroxylation is 1. The molecular weight excluding hydrogens is 311 g/mol.